The van der Waals surface area contributed by atoms with E-state index in [1.165, 1.54) is 17.0 Å². The minimum atomic E-state index is -0.221. The molecule has 0 unspecified atom stereocenters. The minimum Gasteiger partial charge on any atom is -0.495 e. The van der Waals surface area contributed by atoms with E-state index in [9.17, 15) is 9.18 Å². The van der Waals surface area contributed by atoms with Crippen LogP contribution in [0.5, 0.6) is 5.75 Å². The summed E-state index contributed by atoms with van der Waals surface area (Å²) < 4.78 is 18.3. The molecule has 1 fully saturated rings. The van der Waals surface area contributed by atoms with Gasteiger partial charge in [-0.3, -0.25) is 4.79 Å². The summed E-state index contributed by atoms with van der Waals surface area (Å²) in [5.74, 6) is 0.431. The number of carbonyl (C=O) groups excluding carboxylic acids is 1. The first kappa shape index (κ1) is 18.2. The van der Waals surface area contributed by atoms with Gasteiger partial charge in [0.2, 0.25) is 0 Å². The Morgan fingerprint density at radius 1 is 1.19 bits per heavy atom. The number of hydrogen-bond donors (Lipinski definition) is 2. The van der Waals surface area contributed by atoms with Crippen LogP contribution in [0, 0.1) is 12.7 Å². The van der Waals surface area contributed by atoms with E-state index in [-0.39, 0.29) is 11.7 Å². The largest absolute Gasteiger partial charge is 0.495 e. The average molecular weight is 358 g/mol. The third-order valence-corrected chi connectivity index (χ3v) is 4.70. The maximum absolute atomic E-state index is 13.0. The predicted molar refractivity (Wildman–Crippen MR) is 101 cm³/mol. The maximum atomic E-state index is 13.0. The highest BCUT2D eigenvalue weighted by Gasteiger charge is 2.22. The first-order chi connectivity index (χ1) is 12.5. The van der Waals surface area contributed by atoms with Crippen LogP contribution in [0.1, 0.15) is 5.56 Å². The highest BCUT2D eigenvalue weighted by Crippen LogP contribution is 2.24. The second kappa shape index (κ2) is 8.19. The fraction of sp³-hybridized carbons (Fsp3) is 0.350. The third-order valence-electron chi connectivity index (χ3n) is 4.70. The van der Waals surface area contributed by atoms with Gasteiger partial charge < -0.3 is 19.9 Å². The number of nitrogens with zero attached hydrogens (tertiary/aromatic N) is 1. The van der Waals surface area contributed by atoms with Crippen molar-refractivity contribution < 1.29 is 18.8 Å². The first-order valence-corrected chi connectivity index (χ1v) is 8.84. The normalized spacial score (nSPS) is 15.0. The number of rotatable bonds is 5. The van der Waals surface area contributed by atoms with Gasteiger partial charge in [0.25, 0.3) is 5.91 Å². The highest BCUT2D eigenvalue weighted by molar-refractivity contribution is 5.93. The van der Waals surface area contributed by atoms with Gasteiger partial charge in [-0.2, -0.15) is 0 Å². The molecule has 0 atom stereocenters. The zero-order valence-corrected chi connectivity index (χ0v) is 15.2. The SMILES string of the molecule is COc1ccc(C)cc1NC(=O)C[NH+]1CCN(c2ccc(F)cc2)CC1. The Labute approximate surface area is 153 Å². The van der Waals surface area contributed by atoms with Crippen molar-refractivity contribution in [1.82, 2.24) is 0 Å². The Hall–Kier alpha value is -2.60. The molecule has 1 aliphatic heterocycles. The molecule has 0 aliphatic carbocycles. The number of nitrogens with one attached hydrogen (secondary N) is 2. The van der Waals surface area contributed by atoms with Crippen molar-refractivity contribution in [3.8, 4) is 5.75 Å². The fourth-order valence-electron chi connectivity index (χ4n) is 3.25. The van der Waals surface area contributed by atoms with Gasteiger partial charge in [-0.15, -0.1) is 0 Å². The van der Waals surface area contributed by atoms with Crippen LogP contribution in [-0.2, 0) is 4.79 Å². The summed E-state index contributed by atoms with van der Waals surface area (Å²) in [7, 11) is 1.60. The lowest BCUT2D eigenvalue weighted by molar-refractivity contribution is -0.892. The number of anilines is 2. The lowest BCUT2D eigenvalue weighted by Gasteiger charge is -2.33. The van der Waals surface area contributed by atoms with Crippen LogP contribution in [0.3, 0.4) is 0 Å². The Bertz CT molecular complexity index is 756. The number of ether oxygens (including phenoxy) is 1. The van der Waals surface area contributed by atoms with Crippen LogP contribution in [0.25, 0.3) is 0 Å². The molecule has 0 saturated carbocycles. The molecule has 0 radical (unpaired) electrons. The molecule has 5 nitrogen and oxygen atoms in total. The van der Waals surface area contributed by atoms with E-state index < -0.39 is 0 Å². The molecular formula is C20H25FN3O2+. The van der Waals surface area contributed by atoms with Crippen molar-refractivity contribution in [2.45, 2.75) is 6.92 Å². The van der Waals surface area contributed by atoms with Gasteiger partial charge in [0.05, 0.1) is 39.0 Å². The molecule has 6 heteroatoms. The van der Waals surface area contributed by atoms with Gasteiger partial charge in [-0.05, 0) is 48.9 Å². The molecule has 138 valence electrons. The van der Waals surface area contributed by atoms with Crippen molar-refractivity contribution in [3.05, 3.63) is 53.8 Å². The summed E-state index contributed by atoms with van der Waals surface area (Å²) in [4.78, 5) is 15.9. The third kappa shape index (κ3) is 4.52. The maximum Gasteiger partial charge on any atom is 0.279 e. The van der Waals surface area contributed by atoms with Gasteiger partial charge in [0.1, 0.15) is 11.6 Å². The second-order valence-corrected chi connectivity index (χ2v) is 6.64. The Morgan fingerprint density at radius 3 is 2.54 bits per heavy atom. The van der Waals surface area contributed by atoms with Crippen molar-refractivity contribution in [1.29, 1.82) is 0 Å². The average Bonchev–Trinajstić information content (AvgIpc) is 2.63. The number of benzene rings is 2. The molecule has 1 saturated heterocycles. The lowest BCUT2D eigenvalue weighted by atomic mass is 10.2. The summed E-state index contributed by atoms with van der Waals surface area (Å²) in [6, 6.07) is 12.3. The number of carbonyl (C=O) groups is 1. The number of piperazine rings is 1. The second-order valence-electron chi connectivity index (χ2n) is 6.64. The highest BCUT2D eigenvalue weighted by atomic mass is 19.1. The van der Waals surface area contributed by atoms with E-state index in [2.05, 4.69) is 10.2 Å². The molecule has 0 spiro atoms. The topological polar surface area (TPSA) is 46.0 Å². The molecule has 2 N–H and O–H groups in total. The predicted octanol–water partition coefficient (Wildman–Crippen LogP) is 1.49. The van der Waals surface area contributed by atoms with Crippen molar-refractivity contribution >= 4 is 17.3 Å². The monoisotopic (exact) mass is 358 g/mol. The summed E-state index contributed by atoms with van der Waals surface area (Å²) in [5, 5.41) is 2.96. The lowest BCUT2D eigenvalue weighted by Crippen LogP contribution is -3.15. The zero-order chi connectivity index (χ0) is 18.5. The van der Waals surface area contributed by atoms with Crippen LogP contribution < -0.4 is 19.9 Å². The van der Waals surface area contributed by atoms with E-state index in [4.69, 9.17) is 4.74 Å². The number of methoxy groups -OCH3 is 1. The van der Waals surface area contributed by atoms with Crippen molar-refractivity contribution in [3.63, 3.8) is 0 Å². The standard InChI is InChI=1S/C20H24FN3O2/c1-15-3-8-19(26-2)18(13-15)22-20(25)14-23-9-11-24(12-10-23)17-6-4-16(21)5-7-17/h3-8,13H,9-12,14H2,1-2H3,(H,22,25)/p+1. The van der Waals surface area contributed by atoms with Crippen LogP contribution >= 0.6 is 0 Å². The van der Waals surface area contributed by atoms with Crippen LogP contribution in [-0.4, -0.2) is 45.7 Å². The first-order valence-electron chi connectivity index (χ1n) is 8.84. The molecule has 0 bridgehead atoms. The molecule has 2 aromatic carbocycles. The number of aryl methyl sites for hydroxylation is 1. The summed E-state index contributed by atoms with van der Waals surface area (Å²) in [6.45, 7) is 5.85. The molecule has 1 amide bonds. The minimum absolute atomic E-state index is 0.0147. The van der Waals surface area contributed by atoms with Gasteiger partial charge >= 0.3 is 0 Å². The van der Waals surface area contributed by atoms with E-state index in [1.807, 2.05) is 25.1 Å². The zero-order valence-electron chi connectivity index (χ0n) is 15.2. The number of quaternary nitrogens is 1. The molecular weight excluding hydrogens is 333 g/mol. The smallest absolute Gasteiger partial charge is 0.279 e. The van der Waals surface area contributed by atoms with E-state index in [1.54, 1.807) is 19.2 Å². The Morgan fingerprint density at radius 2 is 1.88 bits per heavy atom. The Balaban J connectivity index is 1.52. The fourth-order valence-corrected chi connectivity index (χ4v) is 3.25. The van der Waals surface area contributed by atoms with Crippen molar-refractivity contribution in [2.75, 3.05) is 50.1 Å². The molecule has 3 rings (SSSR count). The number of amides is 1. The molecule has 1 aliphatic rings. The molecule has 26 heavy (non-hydrogen) atoms. The Kier molecular flexibility index (Phi) is 5.73. The van der Waals surface area contributed by atoms with Gasteiger partial charge in [-0.25, -0.2) is 4.39 Å². The summed E-state index contributed by atoms with van der Waals surface area (Å²) >= 11 is 0. The van der Waals surface area contributed by atoms with Crippen molar-refractivity contribution in [2.24, 2.45) is 0 Å². The van der Waals surface area contributed by atoms with Crippen LogP contribution in [0.2, 0.25) is 0 Å². The summed E-state index contributed by atoms with van der Waals surface area (Å²) in [5.41, 5.74) is 2.81. The number of hydrogen-bond acceptors (Lipinski definition) is 3. The quantitative estimate of drug-likeness (QED) is 0.851. The van der Waals surface area contributed by atoms with Crippen LogP contribution in [0.4, 0.5) is 15.8 Å². The van der Waals surface area contributed by atoms with Gasteiger partial charge in [-0.1, -0.05) is 6.07 Å². The molecule has 1 heterocycles. The molecule has 0 aromatic heterocycles. The number of halogens is 1. The van der Waals surface area contributed by atoms with Crippen LogP contribution in [0.15, 0.2) is 42.5 Å². The van der Waals surface area contributed by atoms with Gasteiger partial charge in [0, 0.05) is 5.69 Å². The van der Waals surface area contributed by atoms with E-state index in [0.717, 1.165) is 37.4 Å². The molecule has 2 aromatic rings. The van der Waals surface area contributed by atoms with E-state index >= 15 is 0 Å². The summed E-state index contributed by atoms with van der Waals surface area (Å²) in [6.07, 6.45) is 0. The van der Waals surface area contributed by atoms with E-state index in [0.29, 0.717) is 18.0 Å². The van der Waals surface area contributed by atoms with Gasteiger partial charge in [0.15, 0.2) is 6.54 Å².